The SMILES string of the molecule is Cn1ncc(SCc2ccc(CCCF)cc2)c(Cl)c1=O.[3H]SOCCCc1ccc(CSc2cnn(C)c(=O)c2Cl)cc1. The second kappa shape index (κ2) is 18.5. The Morgan fingerprint density at radius 1 is 0.791 bits per heavy atom. The number of hydrogen-bond acceptors (Lipinski definition) is 8. The lowest BCUT2D eigenvalue weighted by Crippen LogP contribution is -2.19. The molecular formula is C30H33Cl2FN4O3S3. The number of thioether (sulfide) groups is 2. The lowest BCUT2D eigenvalue weighted by atomic mass is 10.1. The molecule has 4 aromatic rings. The highest BCUT2D eigenvalue weighted by Crippen LogP contribution is 2.28. The molecule has 43 heavy (non-hydrogen) atoms. The number of nitrogens with zero attached hydrogens (tertiary/aromatic N) is 4. The maximum absolute atomic E-state index is 12.1. The number of aromatic nitrogens is 4. The van der Waals surface area contributed by atoms with Crippen LogP contribution in [0, 0.1) is 0 Å². The Morgan fingerprint density at radius 2 is 1.21 bits per heavy atom. The van der Waals surface area contributed by atoms with Crippen LogP contribution >= 0.6 is 59.5 Å². The summed E-state index contributed by atoms with van der Waals surface area (Å²) >= 11 is 15.7. The normalized spacial score (nSPS) is 11.1. The fraction of sp³-hybridized carbons (Fsp3) is 0.333. The molecule has 0 amide bonds. The highest BCUT2D eigenvalue weighted by Gasteiger charge is 2.09. The molecule has 13 heteroatoms. The molecule has 2 aromatic carbocycles. The summed E-state index contributed by atoms with van der Waals surface area (Å²) in [4.78, 5) is 24.8. The van der Waals surface area contributed by atoms with Crippen molar-refractivity contribution in [2.45, 2.75) is 47.0 Å². The van der Waals surface area contributed by atoms with Gasteiger partial charge in [0.1, 0.15) is 11.2 Å². The maximum atomic E-state index is 12.1. The number of benzene rings is 2. The molecule has 0 aliphatic carbocycles. The van der Waals surface area contributed by atoms with Gasteiger partial charge in [0.05, 0.1) is 35.5 Å². The molecule has 230 valence electrons. The van der Waals surface area contributed by atoms with Gasteiger partial charge in [0.2, 0.25) is 0 Å². The Balaban J connectivity index is 0.000000241. The monoisotopic (exact) mass is 684 g/mol. The highest BCUT2D eigenvalue weighted by atomic mass is 35.5. The average Bonchev–Trinajstić information content (AvgIpc) is 3.04. The molecule has 0 fully saturated rings. The molecule has 0 atom stereocenters. The van der Waals surface area contributed by atoms with Gasteiger partial charge in [-0.15, -0.1) is 23.5 Å². The van der Waals surface area contributed by atoms with Crippen LogP contribution in [0.25, 0.3) is 0 Å². The second-order valence-corrected chi connectivity index (χ2v) is 12.5. The zero-order valence-electron chi connectivity index (χ0n) is 24.8. The van der Waals surface area contributed by atoms with Crippen LogP contribution in [0.3, 0.4) is 0 Å². The lowest BCUT2D eigenvalue weighted by Gasteiger charge is -2.06. The van der Waals surface area contributed by atoms with Gasteiger partial charge in [-0.1, -0.05) is 71.7 Å². The number of halogens is 3. The summed E-state index contributed by atoms with van der Waals surface area (Å²) in [6.45, 7) is 0.298. The minimum absolute atomic E-state index is 0.206. The first-order chi connectivity index (χ1) is 21.2. The van der Waals surface area contributed by atoms with Crippen LogP contribution in [0.5, 0.6) is 0 Å². The molecule has 0 radical (unpaired) electrons. The summed E-state index contributed by atoms with van der Waals surface area (Å²) in [7, 11) is 3.15. The van der Waals surface area contributed by atoms with Gasteiger partial charge < -0.3 is 4.18 Å². The number of aryl methyl sites for hydroxylation is 4. The molecule has 0 aliphatic rings. The Bertz CT molecular complexity index is 1590. The van der Waals surface area contributed by atoms with Gasteiger partial charge in [0, 0.05) is 25.6 Å². The lowest BCUT2D eigenvalue weighted by molar-refractivity contribution is 0.372. The van der Waals surface area contributed by atoms with Crippen LogP contribution in [0.15, 0.2) is 80.3 Å². The first-order valence-corrected chi connectivity index (χ1v) is 16.4. The van der Waals surface area contributed by atoms with E-state index in [0.717, 1.165) is 41.7 Å². The molecule has 4 rings (SSSR count). The van der Waals surface area contributed by atoms with Crippen molar-refractivity contribution in [3.63, 3.8) is 0 Å². The smallest absolute Gasteiger partial charge is 0.286 e. The van der Waals surface area contributed by atoms with Crippen molar-refractivity contribution in [1.82, 2.24) is 19.6 Å². The van der Waals surface area contributed by atoms with Crippen LogP contribution in [0.4, 0.5) is 4.39 Å². The summed E-state index contributed by atoms with van der Waals surface area (Å²) in [5, 5.41) is 8.37. The van der Waals surface area contributed by atoms with Crippen molar-refractivity contribution in [1.29, 1.82) is 1.12 Å². The second-order valence-electron chi connectivity index (χ2n) is 9.43. The molecule has 0 saturated heterocycles. The molecule has 0 unspecified atom stereocenters. The summed E-state index contributed by atoms with van der Waals surface area (Å²) < 4.78 is 26.3. The fourth-order valence-corrected chi connectivity index (χ4v) is 6.21. The van der Waals surface area contributed by atoms with Crippen molar-refractivity contribution in [3.8, 4) is 0 Å². The van der Waals surface area contributed by atoms with Gasteiger partial charge in [-0.25, -0.2) is 9.36 Å². The molecular weight excluding hydrogens is 650 g/mol. The third-order valence-electron chi connectivity index (χ3n) is 6.22. The van der Waals surface area contributed by atoms with Crippen LogP contribution in [-0.4, -0.2) is 34.0 Å². The first-order valence-electron chi connectivity index (χ1n) is 13.8. The average molecular weight is 686 g/mol. The van der Waals surface area contributed by atoms with E-state index < -0.39 is 0 Å². The zero-order chi connectivity index (χ0) is 31.9. The Hall–Kier alpha value is -2.28. The summed E-state index contributed by atoms with van der Waals surface area (Å²) in [5.74, 6) is 1.44. The van der Waals surface area contributed by atoms with E-state index in [4.69, 9.17) is 28.5 Å². The Kier molecular flexibility index (Phi) is 14.5. The molecule has 0 aliphatic heterocycles. The summed E-state index contributed by atoms with van der Waals surface area (Å²) in [5.41, 5.74) is 4.10. The molecule has 0 saturated carbocycles. The quantitative estimate of drug-likeness (QED) is 0.0654. The summed E-state index contributed by atoms with van der Waals surface area (Å²) in [6, 6.07) is 16.4. The Morgan fingerprint density at radius 3 is 1.63 bits per heavy atom. The van der Waals surface area contributed by atoms with Crippen molar-refractivity contribution in [2.24, 2.45) is 14.1 Å². The molecule has 2 aromatic heterocycles. The van der Waals surface area contributed by atoms with E-state index in [0.29, 0.717) is 41.4 Å². The predicted molar refractivity (Wildman–Crippen MR) is 179 cm³/mol. The standard InChI is InChI=1S/C15H16ClFN2OS.C15H17ClN2O2S2/c1-19-15(20)14(16)13(9-18-19)21-10-12-6-4-11(5-7-12)3-2-8-17;1-18-15(19)14(16)13(9-17-18)22-10-12-6-4-11(5-7-12)3-2-8-20-21/h4-7,9H,2-3,8,10H2,1H3;4-7,9,21H,2-3,8,10H2,1H3/i/hT. The van der Waals surface area contributed by atoms with E-state index in [-0.39, 0.29) is 27.8 Å². The summed E-state index contributed by atoms with van der Waals surface area (Å²) in [6.07, 6.45) is 6.36. The largest absolute Gasteiger partial charge is 0.318 e. The number of alkyl halides is 1. The van der Waals surface area contributed by atoms with Crippen molar-refractivity contribution < 1.29 is 8.57 Å². The number of thiol groups is 1. The maximum Gasteiger partial charge on any atom is 0.286 e. The van der Waals surface area contributed by atoms with E-state index >= 15 is 0 Å². The Labute approximate surface area is 275 Å². The molecule has 0 bridgehead atoms. The van der Waals surface area contributed by atoms with Crippen molar-refractivity contribution >= 4 is 59.5 Å². The van der Waals surface area contributed by atoms with Gasteiger partial charge in [-0.3, -0.25) is 14.0 Å². The van der Waals surface area contributed by atoms with Gasteiger partial charge in [0.15, 0.2) is 0 Å². The predicted octanol–water partition coefficient (Wildman–Crippen LogP) is 7.15. The van der Waals surface area contributed by atoms with Crippen LogP contribution in [-0.2, 0) is 42.6 Å². The van der Waals surface area contributed by atoms with Crippen molar-refractivity contribution in [2.75, 3.05) is 13.3 Å². The van der Waals surface area contributed by atoms with Crippen LogP contribution < -0.4 is 11.1 Å². The minimum atomic E-state index is -0.289. The third kappa shape index (κ3) is 11.3. The molecule has 2 heterocycles. The van der Waals surface area contributed by atoms with Gasteiger partial charge >= 0.3 is 0 Å². The molecule has 0 N–H and O–H groups in total. The van der Waals surface area contributed by atoms with E-state index in [2.05, 4.69) is 34.5 Å². The van der Waals surface area contributed by atoms with E-state index in [1.54, 1.807) is 26.5 Å². The highest BCUT2D eigenvalue weighted by molar-refractivity contribution is 7.98. The first kappa shape index (κ1) is 33.6. The minimum Gasteiger partial charge on any atom is -0.318 e. The number of hydrogen-bond donors (Lipinski definition) is 1. The van der Waals surface area contributed by atoms with Gasteiger partial charge in [-0.05, 0) is 60.8 Å². The zero-order valence-corrected chi connectivity index (χ0v) is 27.8. The van der Waals surface area contributed by atoms with Crippen LogP contribution in [0.2, 0.25) is 10.0 Å². The van der Waals surface area contributed by atoms with E-state index in [1.165, 1.54) is 38.5 Å². The van der Waals surface area contributed by atoms with Gasteiger partial charge in [0.25, 0.3) is 11.1 Å². The fourth-order valence-electron chi connectivity index (χ4n) is 3.73. The third-order valence-corrected chi connectivity index (χ3v) is 9.54. The molecule has 0 spiro atoms. The topological polar surface area (TPSA) is 79.0 Å². The van der Waals surface area contributed by atoms with Crippen molar-refractivity contribution in [3.05, 3.63) is 114 Å². The van der Waals surface area contributed by atoms with Gasteiger partial charge in [-0.2, -0.15) is 10.2 Å². The number of rotatable bonds is 14. The van der Waals surface area contributed by atoms with E-state index in [1.807, 2.05) is 24.3 Å². The van der Waals surface area contributed by atoms with E-state index in [9.17, 15) is 14.0 Å². The molecule has 7 nitrogen and oxygen atoms in total. The van der Waals surface area contributed by atoms with Crippen LogP contribution in [0.1, 0.15) is 35.1 Å².